The van der Waals surface area contributed by atoms with Gasteiger partial charge in [-0.15, -0.1) is 0 Å². The number of hydrogen-bond donors (Lipinski definition) is 1. The molecular formula is C24H32F3N3O. The van der Waals surface area contributed by atoms with Gasteiger partial charge in [-0.1, -0.05) is 26.0 Å². The third-order valence-corrected chi connectivity index (χ3v) is 5.41. The van der Waals surface area contributed by atoms with Crippen molar-refractivity contribution in [2.45, 2.75) is 40.4 Å². The average Bonchev–Trinajstić information content (AvgIpc) is 2.73. The summed E-state index contributed by atoms with van der Waals surface area (Å²) in [6, 6.07) is 9.24. The lowest BCUT2D eigenvalue weighted by Gasteiger charge is -2.32. The summed E-state index contributed by atoms with van der Waals surface area (Å²) in [4.78, 5) is 16.8. The molecule has 1 aliphatic rings. The van der Waals surface area contributed by atoms with Crippen LogP contribution in [0.5, 0.6) is 0 Å². The average molecular weight is 436 g/mol. The summed E-state index contributed by atoms with van der Waals surface area (Å²) in [5.74, 6) is -0.551. The zero-order valence-corrected chi connectivity index (χ0v) is 18.9. The molecule has 7 heteroatoms. The molecule has 3 rings (SSSR count). The Morgan fingerprint density at radius 2 is 1.61 bits per heavy atom. The van der Waals surface area contributed by atoms with E-state index in [1.165, 1.54) is 6.07 Å². The van der Waals surface area contributed by atoms with E-state index in [1.807, 2.05) is 34.7 Å². The number of rotatable bonds is 4. The minimum absolute atomic E-state index is 0.220. The van der Waals surface area contributed by atoms with Gasteiger partial charge in [0.05, 0.1) is 11.3 Å². The highest BCUT2D eigenvalue weighted by molar-refractivity contribution is 6.04. The maximum atomic E-state index is 13.7. The Hall–Kier alpha value is -2.38. The molecule has 4 nitrogen and oxygen atoms in total. The summed E-state index contributed by atoms with van der Waals surface area (Å²) in [6.07, 6.45) is -4.55. The number of likely N-dealkylation sites (N-methyl/N-ethyl adjacent to an activating group) is 1. The number of anilines is 1. The van der Waals surface area contributed by atoms with Crippen molar-refractivity contribution < 1.29 is 18.0 Å². The molecule has 31 heavy (non-hydrogen) atoms. The number of hydrogen-bond acceptors (Lipinski definition) is 3. The van der Waals surface area contributed by atoms with Crippen LogP contribution in [0.4, 0.5) is 18.9 Å². The predicted octanol–water partition coefficient (Wildman–Crippen LogP) is 5.35. The lowest BCUT2D eigenvalue weighted by molar-refractivity contribution is -0.137. The van der Waals surface area contributed by atoms with Gasteiger partial charge in [-0.3, -0.25) is 9.69 Å². The number of nitrogens with one attached hydrogen (secondary N) is 1. The summed E-state index contributed by atoms with van der Waals surface area (Å²) in [7, 11) is 2.03. The topological polar surface area (TPSA) is 35.6 Å². The smallest absolute Gasteiger partial charge is 0.321 e. The Kier molecular flexibility index (Phi) is 8.65. The van der Waals surface area contributed by atoms with E-state index in [2.05, 4.69) is 15.1 Å². The molecule has 0 aromatic heterocycles. The molecule has 170 valence electrons. The van der Waals surface area contributed by atoms with Gasteiger partial charge in [0, 0.05) is 38.3 Å². The van der Waals surface area contributed by atoms with E-state index in [1.54, 1.807) is 24.3 Å². The van der Waals surface area contributed by atoms with Crippen molar-refractivity contribution >= 4 is 11.6 Å². The third kappa shape index (κ3) is 6.80. The van der Waals surface area contributed by atoms with E-state index in [0.717, 1.165) is 43.4 Å². The van der Waals surface area contributed by atoms with E-state index in [4.69, 9.17) is 0 Å². The fourth-order valence-corrected chi connectivity index (χ4v) is 3.37. The first-order valence-corrected chi connectivity index (χ1v) is 10.6. The summed E-state index contributed by atoms with van der Waals surface area (Å²) in [5.41, 5.74) is 1.82. The molecule has 0 aliphatic carbocycles. The number of carbonyl (C=O) groups is 1. The second-order valence-corrected chi connectivity index (χ2v) is 7.71. The van der Waals surface area contributed by atoms with Gasteiger partial charge in [-0.25, -0.2) is 0 Å². The van der Waals surface area contributed by atoms with Crippen molar-refractivity contribution in [2.24, 2.45) is 0 Å². The Morgan fingerprint density at radius 3 is 2.19 bits per heavy atom. The summed E-state index contributed by atoms with van der Waals surface area (Å²) >= 11 is 0. The fourth-order valence-electron chi connectivity index (χ4n) is 3.37. The number of aryl methyl sites for hydroxylation is 2. The first-order valence-electron chi connectivity index (χ1n) is 10.6. The highest BCUT2D eigenvalue weighted by atomic mass is 19.4. The van der Waals surface area contributed by atoms with Crippen LogP contribution in [0, 0.1) is 13.8 Å². The minimum atomic E-state index is -4.55. The Labute approximate surface area is 183 Å². The van der Waals surface area contributed by atoms with Crippen molar-refractivity contribution in [3.63, 3.8) is 0 Å². The van der Waals surface area contributed by atoms with Gasteiger partial charge in [0.1, 0.15) is 0 Å². The van der Waals surface area contributed by atoms with Crippen molar-refractivity contribution in [3.8, 4) is 0 Å². The number of halogens is 3. The molecule has 0 bridgehead atoms. The first kappa shape index (κ1) is 24.9. The molecule has 1 N–H and O–H groups in total. The number of carbonyl (C=O) groups excluding carboxylic acids is 1. The molecule has 2 aromatic rings. The van der Waals surface area contributed by atoms with E-state index >= 15 is 0 Å². The number of alkyl halides is 3. The van der Waals surface area contributed by atoms with Crippen molar-refractivity contribution in [1.82, 2.24) is 9.80 Å². The predicted molar refractivity (Wildman–Crippen MR) is 119 cm³/mol. The van der Waals surface area contributed by atoms with Gasteiger partial charge in [0.25, 0.3) is 5.91 Å². The van der Waals surface area contributed by atoms with Gasteiger partial charge in [-0.2, -0.15) is 13.2 Å². The normalized spacial score (nSPS) is 15.2. The summed E-state index contributed by atoms with van der Waals surface area (Å²) in [6.45, 7) is 11.7. The Morgan fingerprint density at radius 1 is 0.968 bits per heavy atom. The van der Waals surface area contributed by atoms with Gasteiger partial charge in [-0.05, 0) is 61.9 Å². The first-order chi connectivity index (χ1) is 14.6. The number of amides is 1. The second kappa shape index (κ2) is 10.8. The Bertz CT molecular complexity index is 888. The van der Waals surface area contributed by atoms with Crippen LogP contribution in [-0.2, 0) is 12.7 Å². The van der Waals surface area contributed by atoms with Crippen LogP contribution in [0.1, 0.15) is 46.5 Å². The van der Waals surface area contributed by atoms with Crippen molar-refractivity contribution in [1.29, 1.82) is 0 Å². The molecule has 1 heterocycles. The van der Waals surface area contributed by atoms with Gasteiger partial charge < -0.3 is 10.2 Å². The minimum Gasteiger partial charge on any atom is -0.321 e. The lowest BCUT2D eigenvalue weighted by atomic mass is 10.0. The SMILES string of the molecule is CC.Cc1ccc(C(=O)Nc2ccc(CN3CCN(C)CC3)cc2C(F)(F)F)cc1C. The van der Waals surface area contributed by atoms with Gasteiger partial charge in [0.2, 0.25) is 0 Å². The molecule has 1 aliphatic heterocycles. The van der Waals surface area contributed by atoms with Crippen LogP contribution in [0.15, 0.2) is 36.4 Å². The molecule has 0 atom stereocenters. The molecule has 0 saturated carbocycles. The van der Waals surface area contributed by atoms with Gasteiger partial charge >= 0.3 is 6.18 Å². The summed E-state index contributed by atoms with van der Waals surface area (Å²) in [5, 5.41) is 2.44. The monoisotopic (exact) mass is 435 g/mol. The molecular weight excluding hydrogens is 403 g/mol. The van der Waals surface area contributed by atoms with Gasteiger partial charge in [0.15, 0.2) is 0 Å². The fraction of sp³-hybridized carbons (Fsp3) is 0.458. The molecule has 0 unspecified atom stereocenters. The number of piperazine rings is 1. The lowest BCUT2D eigenvalue weighted by Crippen LogP contribution is -2.43. The van der Waals surface area contributed by atoms with Crippen LogP contribution in [0.3, 0.4) is 0 Å². The molecule has 1 saturated heterocycles. The zero-order chi connectivity index (χ0) is 23.2. The number of benzene rings is 2. The standard InChI is InChI=1S/C22H26F3N3O.C2H6/c1-15-4-6-18(12-16(15)2)21(29)26-20-7-5-17(13-19(20)22(23,24)25)14-28-10-8-27(3)9-11-28;1-2/h4-7,12-13H,8-11,14H2,1-3H3,(H,26,29);1-2H3. The zero-order valence-electron chi connectivity index (χ0n) is 18.9. The molecule has 1 fully saturated rings. The highest BCUT2D eigenvalue weighted by Crippen LogP contribution is 2.36. The van der Waals surface area contributed by atoms with E-state index in [0.29, 0.717) is 17.7 Å². The molecule has 1 amide bonds. The molecule has 2 aromatic carbocycles. The van der Waals surface area contributed by atoms with E-state index in [9.17, 15) is 18.0 Å². The second-order valence-electron chi connectivity index (χ2n) is 7.71. The quantitative estimate of drug-likeness (QED) is 0.703. The van der Waals surface area contributed by atoms with Crippen LogP contribution in [0.25, 0.3) is 0 Å². The van der Waals surface area contributed by atoms with Crippen molar-refractivity contribution in [2.75, 3.05) is 38.5 Å². The molecule has 0 radical (unpaired) electrons. The van der Waals surface area contributed by atoms with Crippen LogP contribution in [0.2, 0.25) is 0 Å². The third-order valence-electron chi connectivity index (χ3n) is 5.41. The van der Waals surface area contributed by atoms with Crippen molar-refractivity contribution in [3.05, 3.63) is 64.2 Å². The highest BCUT2D eigenvalue weighted by Gasteiger charge is 2.34. The van der Waals surface area contributed by atoms with Crippen LogP contribution >= 0.6 is 0 Å². The van der Waals surface area contributed by atoms with Crippen LogP contribution < -0.4 is 5.32 Å². The Balaban J connectivity index is 0.00000166. The molecule has 0 spiro atoms. The van der Waals surface area contributed by atoms with E-state index < -0.39 is 17.6 Å². The summed E-state index contributed by atoms with van der Waals surface area (Å²) < 4.78 is 41.0. The van der Waals surface area contributed by atoms with E-state index in [-0.39, 0.29) is 5.69 Å². The number of nitrogens with zero attached hydrogens (tertiary/aromatic N) is 2. The maximum Gasteiger partial charge on any atom is 0.418 e. The maximum absolute atomic E-state index is 13.7. The van der Waals surface area contributed by atoms with Crippen LogP contribution in [-0.4, -0.2) is 48.9 Å². The largest absolute Gasteiger partial charge is 0.418 e.